The highest BCUT2D eigenvalue weighted by Crippen LogP contribution is 2.52. The third kappa shape index (κ3) is 2.28. The molecular formula is C16H16ClN5O2S. The minimum absolute atomic E-state index is 0.219. The summed E-state index contributed by atoms with van der Waals surface area (Å²) < 4.78 is 27.9. The molecule has 0 radical (unpaired) electrons. The first-order valence-corrected chi connectivity index (χ1v) is 10.1. The number of tetrazole rings is 1. The lowest BCUT2D eigenvalue weighted by molar-refractivity contribution is 0.395. The van der Waals surface area contributed by atoms with Gasteiger partial charge in [0.25, 0.3) is 0 Å². The van der Waals surface area contributed by atoms with Crippen molar-refractivity contribution in [3.63, 3.8) is 0 Å². The first-order valence-electron chi connectivity index (χ1n) is 8.26. The monoisotopic (exact) mass is 377 g/mol. The van der Waals surface area contributed by atoms with Crippen molar-refractivity contribution >= 4 is 21.6 Å². The largest absolute Gasteiger partial charge is 0.243 e. The number of allylic oxidation sites excluding steroid dienone is 2. The molecule has 4 atom stereocenters. The van der Waals surface area contributed by atoms with Crippen molar-refractivity contribution in [3.8, 4) is 11.4 Å². The van der Waals surface area contributed by atoms with E-state index in [0.29, 0.717) is 47.3 Å². The summed E-state index contributed by atoms with van der Waals surface area (Å²) >= 11 is 6.18. The fourth-order valence-electron chi connectivity index (χ4n) is 4.57. The van der Waals surface area contributed by atoms with Crippen LogP contribution < -0.4 is 0 Å². The molecule has 2 unspecified atom stereocenters. The molecule has 2 aromatic rings. The maximum Gasteiger partial charge on any atom is 0.243 e. The van der Waals surface area contributed by atoms with E-state index in [1.165, 1.54) is 12.5 Å². The Balaban J connectivity index is 1.48. The van der Waals surface area contributed by atoms with Crippen LogP contribution in [0.3, 0.4) is 0 Å². The molecule has 130 valence electrons. The van der Waals surface area contributed by atoms with Gasteiger partial charge < -0.3 is 0 Å². The molecule has 0 spiro atoms. The summed E-state index contributed by atoms with van der Waals surface area (Å²) in [5.41, 5.74) is 0.456. The Bertz CT molecular complexity index is 939. The van der Waals surface area contributed by atoms with Crippen LogP contribution in [-0.2, 0) is 10.0 Å². The molecule has 5 rings (SSSR count). The number of rotatable bonds is 3. The number of benzene rings is 1. The number of H-pyrrole nitrogens is 1. The molecule has 1 aromatic carbocycles. The van der Waals surface area contributed by atoms with Gasteiger partial charge in [-0.1, -0.05) is 23.8 Å². The Morgan fingerprint density at radius 3 is 2.52 bits per heavy atom. The topological polar surface area (TPSA) is 91.8 Å². The third-order valence-corrected chi connectivity index (χ3v) is 7.95. The zero-order valence-electron chi connectivity index (χ0n) is 13.2. The van der Waals surface area contributed by atoms with Crippen LogP contribution in [0.2, 0.25) is 5.02 Å². The van der Waals surface area contributed by atoms with E-state index in [4.69, 9.17) is 11.6 Å². The minimum Gasteiger partial charge on any atom is -0.207 e. The normalized spacial score (nSPS) is 30.9. The molecule has 1 aromatic heterocycles. The van der Waals surface area contributed by atoms with Gasteiger partial charge in [-0.05, 0) is 53.5 Å². The molecule has 2 aliphatic carbocycles. The van der Waals surface area contributed by atoms with E-state index < -0.39 is 10.0 Å². The molecule has 1 aliphatic heterocycles. The van der Waals surface area contributed by atoms with Gasteiger partial charge in [-0.2, -0.15) is 9.52 Å². The van der Waals surface area contributed by atoms with Gasteiger partial charge in [0, 0.05) is 18.7 Å². The smallest absolute Gasteiger partial charge is 0.207 e. The Labute approximate surface area is 150 Å². The van der Waals surface area contributed by atoms with Crippen LogP contribution >= 0.6 is 11.6 Å². The summed E-state index contributed by atoms with van der Waals surface area (Å²) in [4.78, 5) is 0.219. The van der Waals surface area contributed by atoms with Gasteiger partial charge in [0.1, 0.15) is 0 Å². The number of hydrogen-bond acceptors (Lipinski definition) is 5. The van der Waals surface area contributed by atoms with Crippen molar-refractivity contribution in [3.05, 3.63) is 35.4 Å². The van der Waals surface area contributed by atoms with E-state index in [1.54, 1.807) is 16.4 Å². The second-order valence-electron chi connectivity index (χ2n) is 6.98. The third-order valence-electron chi connectivity index (χ3n) is 5.79. The van der Waals surface area contributed by atoms with Crippen molar-refractivity contribution in [1.82, 2.24) is 24.9 Å². The molecule has 25 heavy (non-hydrogen) atoms. The van der Waals surface area contributed by atoms with Crippen molar-refractivity contribution in [2.45, 2.75) is 11.3 Å². The van der Waals surface area contributed by atoms with Gasteiger partial charge in [0.05, 0.1) is 9.92 Å². The molecular weight excluding hydrogens is 362 g/mol. The predicted octanol–water partition coefficient (Wildman–Crippen LogP) is 1.96. The van der Waals surface area contributed by atoms with Crippen LogP contribution in [0.4, 0.5) is 0 Å². The predicted molar refractivity (Wildman–Crippen MR) is 91.1 cm³/mol. The van der Waals surface area contributed by atoms with Crippen LogP contribution in [-0.4, -0.2) is 46.4 Å². The number of aromatic nitrogens is 4. The molecule has 7 nitrogen and oxygen atoms in total. The second kappa shape index (κ2) is 5.36. The van der Waals surface area contributed by atoms with Crippen molar-refractivity contribution in [2.24, 2.45) is 23.7 Å². The fraction of sp³-hybridized carbons (Fsp3) is 0.438. The summed E-state index contributed by atoms with van der Waals surface area (Å²) in [5, 5.41) is 14.0. The quantitative estimate of drug-likeness (QED) is 0.825. The molecule has 2 fully saturated rings. The first kappa shape index (κ1) is 15.5. The molecule has 3 aliphatic rings. The van der Waals surface area contributed by atoms with E-state index in [-0.39, 0.29) is 10.7 Å². The maximum absolute atomic E-state index is 13.1. The van der Waals surface area contributed by atoms with Crippen LogP contribution in [0.5, 0.6) is 0 Å². The molecule has 9 heteroatoms. The number of halogens is 1. The summed E-state index contributed by atoms with van der Waals surface area (Å²) in [6.45, 7) is 1.19. The number of nitrogens with one attached hydrogen (secondary N) is 1. The van der Waals surface area contributed by atoms with Crippen molar-refractivity contribution in [1.29, 1.82) is 0 Å². The van der Waals surface area contributed by atoms with Gasteiger partial charge in [0.15, 0.2) is 0 Å². The summed E-state index contributed by atoms with van der Waals surface area (Å²) in [6.07, 6.45) is 5.71. The summed E-state index contributed by atoms with van der Waals surface area (Å²) in [5.74, 6) is 2.26. The van der Waals surface area contributed by atoms with E-state index in [0.717, 1.165) is 0 Å². The average Bonchev–Trinajstić information content (AvgIpc) is 3.35. The number of hydrogen-bond donors (Lipinski definition) is 1. The van der Waals surface area contributed by atoms with Crippen molar-refractivity contribution in [2.75, 3.05) is 13.1 Å². The Morgan fingerprint density at radius 2 is 1.88 bits per heavy atom. The SMILES string of the molecule is O=S(=O)(c1ccc(Cl)c(-c2nn[nH]n2)c1)N1C[C@@H]2C3C=CC(C3)[C@@H]2C1. The van der Waals surface area contributed by atoms with Gasteiger partial charge in [-0.15, -0.1) is 10.2 Å². The van der Waals surface area contributed by atoms with Gasteiger partial charge >= 0.3 is 0 Å². The Morgan fingerprint density at radius 1 is 1.16 bits per heavy atom. The minimum atomic E-state index is -3.57. The van der Waals surface area contributed by atoms with Crippen LogP contribution in [0.25, 0.3) is 11.4 Å². The van der Waals surface area contributed by atoms with Crippen LogP contribution in [0, 0.1) is 23.7 Å². The number of aromatic amines is 1. The van der Waals surface area contributed by atoms with E-state index in [9.17, 15) is 8.42 Å². The Hall–Kier alpha value is -1.77. The van der Waals surface area contributed by atoms with E-state index >= 15 is 0 Å². The summed E-state index contributed by atoms with van der Waals surface area (Å²) in [6, 6.07) is 4.65. The number of sulfonamides is 1. The molecule has 2 bridgehead atoms. The standard InChI is InChI=1S/C16H16ClN5O2S/c17-15-4-3-11(6-12(15)16-18-20-21-19-16)25(23,24)22-7-13-9-1-2-10(5-9)14(13)8-22/h1-4,6,9-10,13-14H,5,7-8H2,(H,18,19,20,21)/t9?,10?,13-,14+. The van der Waals surface area contributed by atoms with Crippen LogP contribution in [0.15, 0.2) is 35.2 Å². The van der Waals surface area contributed by atoms with Gasteiger partial charge in [-0.25, -0.2) is 8.42 Å². The van der Waals surface area contributed by atoms with Crippen LogP contribution in [0.1, 0.15) is 6.42 Å². The van der Waals surface area contributed by atoms with Gasteiger partial charge in [-0.3, -0.25) is 0 Å². The highest BCUT2D eigenvalue weighted by molar-refractivity contribution is 7.89. The molecule has 1 N–H and O–H groups in total. The fourth-order valence-corrected chi connectivity index (χ4v) is 6.31. The summed E-state index contributed by atoms with van der Waals surface area (Å²) in [7, 11) is -3.57. The zero-order chi connectivity index (χ0) is 17.2. The zero-order valence-corrected chi connectivity index (χ0v) is 14.8. The molecule has 0 amide bonds. The average molecular weight is 378 g/mol. The molecule has 1 saturated carbocycles. The number of nitrogens with zero attached hydrogens (tertiary/aromatic N) is 4. The van der Waals surface area contributed by atoms with Gasteiger partial charge in [0.2, 0.25) is 15.8 Å². The van der Waals surface area contributed by atoms with E-state index in [2.05, 4.69) is 32.8 Å². The lowest BCUT2D eigenvalue weighted by Gasteiger charge is -2.19. The molecule has 1 saturated heterocycles. The highest BCUT2D eigenvalue weighted by Gasteiger charge is 2.51. The molecule has 2 heterocycles. The lowest BCUT2D eigenvalue weighted by atomic mass is 9.86. The Kier molecular flexibility index (Phi) is 3.32. The lowest BCUT2D eigenvalue weighted by Crippen LogP contribution is -2.30. The maximum atomic E-state index is 13.1. The number of fused-ring (bicyclic) bond motifs is 5. The first-order chi connectivity index (χ1) is 12.0. The van der Waals surface area contributed by atoms with E-state index in [1.807, 2.05) is 0 Å². The van der Waals surface area contributed by atoms with Crippen molar-refractivity contribution < 1.29 is 8.42 Å². The second-order valence-corrected chi connectivity index (χ2v) is 9.32. The highest BCUT2D eigenvalue weighted by atomic mass is 35.5.